The van der Waals surface area contributed by atoms with Crippen molar-refractivity contribution in [2.24, 2.45) is 0 Å². The van der Waals surface area contributed by atoms with Crippen LogP contribution in [0.5, 0.6) is 0 Å². The summed E-state index contributed by atoms with van der Waals surface area (Å²) >= 11 is 0. The summed E-state index contributed by atoms with van der Waals surface area (Å²) in [5, 5.41) is 3.37. The van der Waals surface area contributed by atoms with Gasteiger partial charge in [-0.3, -0.25) is 4.98 Å². The van der Waals surface area contributed by atoms with Gasteiger partial charge in [-0.1, -0.05) is 30.3 Å². The molecule has 20 heavy (non-hydrogen) atoms. The van der Waals surface area contributed by atoms with Crippen LogP contribution < -0.4 is 5.32 Å². The van der Waals surface area contributed by atoms with E-state index in [9.17, 15) is 4.79 Å². The first kappa shape index (κ1) is 14.4. The topological polar surface area (TPSA) is 42.0 Å². The third kappa shape index (κ3) is 3.75. The van der Waals surface area contributed by atoms with E-state index in [0.717, 1.165) is 24.8 Å². The number of rotatable bonds is 7. The number of carbonyl (C=O) groups is 1. The van der Waals surface area contributed by atoms with Crippen LogP contribution in [0.25, 0.3) is 0 Å². The number of nitrogens with zero attached hydrogens (tertiary/aromatic N) is 1. The Kier molecular flexibility index (Phi) is 5.02. The molecule has 2 aromatic rings. The predicted molar refractivity (Wildman–Crippen MR) is 80.7 cm³/mol. The van der Waals surface area contributed by atoms with Crippen molar-refractivity contribution in [3.63, 3.8) is 0 Å². The molecule has 0 spiro atoms. The summed E-state index contributed by atoms with van der Waals surface area (Å²) in [6.45, 7) is 3.46. The Bertz CT molecular complexity index is 527. The molecule has 104 valence electrons. The first-order chi connectivity index (χ1) is 9.74. The number of nitrogens with one attached hydrogen (secondary N) is 1. The van der Waals surface area contributed by atoms with Gasteiger partial charge in [0.15, 0.2) is 0 Å². The van der Waals surface area contributed by atoms with E-state index < -0.39 is 5.41 Å². The van der Waals surface area contributed by atoms with E-state index in [1.807, 2.05) is 49.4 Å². The van der Waals surface area contributed by atoms with Crippen LogP contribution >= 0.6 is 0 Å². The first-order valence-corrected chi connectivity index (χ1v) is 6.86. The van der Waals surface area contributed by atoms with Gasteiger partial charge < -0.3 is 10.1 Å². The van der Waals surface area contributed by atoms with Crippen LogP contribution in [0.4, 0.5) is 0 Å². The second kappa shape index (κ2) is 6.96. The molecule has 2 rings (SSSR count). The van der Waals surface area contributed by atoms with E-state index in [4.69, 9.17) is 0 Å². The molecule has 3 heteroatoms. The quantitative estimate of drug-likeness (QED) is 0.619. The van der Waals surface area contributed by atoms with Crippen molar-refractivity contribution in [3.8, 4) is 0 Å². The van der Waals surface area contributed by atoms with E-state index in [1.165, 1.54) is 5.56 Å². The summed E-state index contributed by atoms with van der Waals surface area (Å²) in [5.41, 5.74) is 1.82. The van der Waals surface area contributed by atoms with Crippen molar-refractivity contribution in [2.75, 3.05) is 13.1 Å². The first-order valence-electron chi connectivity index (χ1n) is 6.86. The Morgan fingerprint density at radius 3 is 2.50 bits per heavy atom. The number of hydrogen-bond acceptors (Lipinski definition) is 3. The summed E-state index contributed by atoms with van der Waals surface area (Å²) in [6.07, 6.45) is 5.57. The molecule has 0 aliphatic carbocycles. The van der Waals surface area contributed by atoms with Gasteiger partial charge in [0.2, 0.25) is 0 Å². The summed E-state index contributed by atoms with van der Waals surface area (Å²) in [6, 6.07) is 13.9. The standard InChI is InChI=1S/C17H20N2O/c1-17(14-20,16-5-3-2-4-6-16)13-19-12-9-15-7-10-18-11-8-15/h2-8,10-11,14,19H,9,12-13H2,1H3. The fourth-order valence-electron chi connectivity index (χ4n) is 2.16. The summed E-state index contributed by atoms with van der Waals surface area (Å²) in [4.78, 5) is 15.4. The van der Waals surface area contributed by atoms with Crippen LogP contribution in [-0.4, -0.2) is 24.4 Å². The van der Waals surface area contributed by atoms with Crippen LogP contribution in [0, 0.1) is 0 Å². The lowest BCUT2D eigenvalue weighted by Gasteiger charge is -2.24. The Labute approximate surface area is 120 Å². The van der Waals surface area contributed by atoms with Gasteiger partial charge in [0, 0.05) is 18.9 Å². The average Bonchev–Trinajstić information content (AvgIpc) is 2.53. The van der Waals surface area contributed by atoms with Gasteiger partial charge in [-0.25, -0.2) is 0 Å². The molecular formula is C17H20N2O. The molecule has 0 amide bonds. The fraction of sp³-hybridized carbons (Fsp3) is 0.294. The van der Waals surface area contributed by atoms with Gasteiger partial charge >= 0.3 is 0 Å². The lowest BCUT2D eigenvalue weighted by atomic mass is 9.84. The molecule has 0 saturated heterocycles. The number of carbonyl (C=O) groups excluding carboxylic acids is 1. The summed E-state index contributed by atoms with van der Waals surface area (Å²) in [5.74, 6) is 0. The molecule has 0 saturated carbocycles. The van der Waals surface area contributed by atoms with Crippen molar-refractivity contribution in [3.05, 3.63) is 66.0 Å². The predicted octanol–water partition coefficient (Wildman–Crippen LogP) is 2.37. The van der Waals surface area contributed by atoms with Gasteiger partial charge in [0.05, 0.1) is 5.41 Å². The van der Waals surface area contributed by atoms with Crippen molar-refractivity contribution in [1.82, 2.24) is 10.3 Å². The molecule has 1 aromatic heterocycles. The maximum Gasteiger partial charge on any atom is 0.131 e. The minimum atomic E-state index is -0.473. The van der Waals surface area contributed by atoms with Crippen LogP contribution in [-0.2, 0) is 16.6 Å². The molecule has 0 fully saturated rings. The SMILES string of the molecule is CC(C=O)(CNCCc1ccncc1)c1ccccc1. The Balaban J connectivity index is 1.87. The van der Waals surface area contributed by atoms with Crippen molar-refractivity contribution < 1.29 is 4.79 Å². The van der Waals surface area contributed by atoms with Gasteiger partial charge in [0.25, 0.3) is 0 Å². The van der Waals surface area contributed by atoms with E-state index in [2.05, 4.69) is 10.3 Å². The van der Waals surface area contributed by atoms with E-state index in [-0.39, 0.29) is 0 Å². The molecule has 0 aliphatic heterocycles. The Hall–Kier alpha value is -2.00. The van der Waals surface area contributed by atoms with E-state index in [0.29, 0.717) is 6.54 Å². The normalized spacial score (nSPS) is 13.7. The molecule has 3 nitrogen and oxygen atoms in total. The van der Waals surface area contributed by atoms with Crippen molar-refractivity contribution in [1.29, 1.82) is 0 Å². The third-order valence-corrected chi connectivity index (χ3v) is 3.53. The molecule has 0 radical (unpaired) electrons. The molecule has 1 heterocycles. The number of aldehydes is 1. The summed E-state index contributed by atoms with van der Waals surface area (Å²) < 4.78 is 0. The lowest BCUT2D eigenvalue weighted by Crippen LogP contribution is -2.37. The van der Waals surface area contributed by atoms with Gasteiger partial charge in [-0.2, -0.15) is 0 Å². The van der Waals surface area contributed by atoms with Gasteiger partial charge in [-0.05, 0) is 43.1 Å². The lowest BCUT2D eigenvalue weighted by molar-refractivity contribution is -0.112. The van der Waals surface area contributed by atoms with Crippen LogP contribution in [0.2, 0.25) is 0 Å². The third-order valence-electron chi connectivity index (χ3n) is 3.53. The molecule has 1 atom stereocenters. The average molecular weight is 268 g/mol. The smallest absolute Gasteiger partial charge is 0.131 e. The van der Waals surface area contributed by atoms with Crippen LogP contribution in [0.1, 0.15) is 18.1 Å². The van der Waals surface area contributed by atoms with Gasteiger partial charge in [-0.15, -0.1) is 0 Å². The minimum Gasteiger partial charge on any atom is -0.315 e. The molecule has 1 N–H and O–H groups in total. The second-order valence-electron chi connectivity index (χ2n) is 5.18. The zero-order chi connectivity index (χ0) is 14.3. The van der Waals surface area contributed by atoms with Gasteiger partial charge in [0.1, 0.15) is 6.29 Å². The highest BCUT2D eigenvalue weighted by molar-refractivity contribution is 5.68. The van der Waals surface area contributed by atoms with Crippen molar-refractivity contribution in [2.45, 2.75) is 18.8 Å². The number of pyridine rings is 1. The number of benzene rings is 1. The molecule has 1 unspecified atom stereocenters. The number of hydrogen-bond donors (Lipinski definition) is 1. The molecule has 0 bridgehead atoms. The highest BCUT2D eigenvalue weighted by Crippen LogP contribution is 2.20. The summed E-state index contributed by atoms with van der Waals surface area (Å²) in [7, 11) is 0. The molecule has 1 aromatic carbocycles. The Morgan fingerprint density at radius 2 is 1.85 bits per heavy atom. The second-order valence-corrected chi connectivity index (χ2v) is 5.18. The highest BCUT2D eigenvalue weighted by Gasteiger charge is 2.25. The van der Waals surface area contributed by atoms with E-state index in [1.54, 1.807) is 12.4 Å². The zero-order valence-corrected chi connectivity index (χ0v) is 11.8. The van der Waals surface area contributed by atoms with Crippen molar-refractivity contribution >= 4 is 6.29 Å². The monoisotopic (exact) mass is 268 g/mol. The fourth-order valence-corrected chi connectivity index (χ4v) is 2.16. The van der Waals surface area contributed by atoms with Crippen LogP contribution in [0.3, 0.4) is 0 Å². The van der Waals surface area contributed by atoms with E-state index >= 15 is 0 Å². The Morgan fingerprint density at radius 1 is 1.15 bits per heavy atom. The maximum atomic E-state index is 11.4. The molecular weight excluding hydrogens is 248 g/mol. The molecule has 0 aliphatic rings. The number of aromatic nitrogens is 1. The highest BCUT2D eigenvalue weighted by atomic mass is 16.1. The minimum absolute atomic E-state index is 0.473. The maximum absolute atomic E-state index is 11.4. The van der Waals surface area contributed by atoms with Crippen LogP contribution in [0.15, 0.2) is 54.9 Å². The zero-order valence-electron chi connectivity index (χ0n) is 11.8. The largest absolute Gasteiger partial charge is 0.315 e.